The molecule has 3 N–H and O–H groups in total. The third-order valence-electron chi connectivity index (χ3n) is 5.16. The zero-order valence-electron chi connectivity index (χ0n) is 16.3. The number of nitrogens with zero attached hydrogens (tertiary/aromatic N) is 3. The summed E-state index contributed by atoms with van der Waals surface area (Å²) in [7, 11) is 0. The van der Waals surface area contributed by atoms with Crippen molar-refractivity contribution in [2.24, 2.45) is 0 Å². The maximum absolute atomic E-state index is 14.2. The van der Waals surface area contributed by atoms with E-state index in [9.17, 15) is 13.9 Å². The molecule has 1 saturated heterocycles. The van der Waals surface area contributed by atoms with E-state index in [1.807, 2.05) is 10.6 Å². The van der Waals surface area contributed by atoms with Crippen LogP contribution in [0, 0.1) is 11.6 Å². The highest BCUT2D eigenvalue weighted by molar-refractivity contribution is 5.82. The SMILES string of the molecule is Oc1ccc(Nc2cc3c(cn2)nc(Nc2ccc(F)cc2F)n3[C@H]2CCOC2)cc1. The number of phenolic OH excluding ortho intramolecular Hbond substituents is 1. The quantitative estimate of drug-likeness (QED) is 0.398. The molecule has 1 fully saturated rings. The summed E-state index contributed by atoms with van der Waals surface area (Å²) in [6, 6.07) is 11.9. The van der Waals surface area contributed by atoms with Crippen molar-refractivity contribution < 1.29 is 18.6 Å². The number of nitrogens with one attached hydrogen (secondary N) is 2. The first-order chi connectivity index (χ1) is 15.1. The van der Waals surface area contributed by atoms with E-state index in [4.69, 9.17) is 4.74 Å². The molecule has 0 unspecified atom stereocenters. The Morgan fingerprint density at radius 3 is 2.65 bits per heavy atom. The van der Waals surface area contributed by atoms with Crippen LogP contribution in [0.2, 0.25) is 0 Å². The highest BCUT2D eigenvalue weighted by Gasteiger charge is 2.24. The minimum Gasteiger partial charge on any atom is -0.508 e. The second kappa shape index (κ2) is 7.84. The van der Waals surface area contributed by atoms with Gasteiger partial charge in [-0.15, -0.1) is 0 Å². The Bertz CT molecular complexity index is 1240. The molecule has 0 radical (unpaired) electrons. The molecule has 1 aliphatic heterocycles. The number of fused-ring (bicyclic) bond motifs is 1. The molecule has 0 amide bonds. The van der Waals surface area contributed by atoms with Gasteiger partial charge in [-0.25, -0.2) is 18.7 Å². The van der Waals surface area contributed by atoms with Crippen molar-refractivity contribution >= 4 is 34.2 Å². The summed E-state index contributed by atoms with van der Waals surface area (Å²) in [5.41, 5.74) is 2.34. The molecule has 0 bridgehead atoms. The molecule has 31 heavy (non-hydrogen) atoms. The fourth-order valence-electron chi connectivity index (χ4n) is 3.65. The molecular weight excluding hydrogens is 404 g/mol. The fourth-order valence-corrected chi connectivity index (χ4v) is 3.65. The maximum Gasteiger partial charge on any atom is 0.208 e. The molecule has 3 heterocycles. The largest absolute Gasteiger partial charge is 0.508 e. The highest BCUT2D eigenvalue weighted by atomic mass is 19.1. The van der Waals surface area contributed by atoms with E-state index in [2.05, 4.69) is 20.6 Å². The van der Waals surface area contributed by atoms with E-state index in [0.29, 0.717) is 30.5 Å². The molecule has 0 aliphatic carbocycles. The van der Waals surface area contributed by atoms with Gasteiger partial charge in [0, 0.05) is 24.4 Å². The standard InChI is InChI=1S/C22H19F2N5O2/c23-13-1-6-18(17(24)9-13)27-22-28-19-11-25-21(26-14-2-4-16(30)5-3-14)10-20(19)29(22)15-7-8-31-12-15/h1-6,9-11,15,30H,7-8,12H2,(H,25,26)(H,27,28)/t15-/m0/s1. The number of aromatic nitrogens is 3. The summed E-state index contributed by atoms with van der Waals surface area (Å²) >= 11 is 0. The lowest BCUT2D eigenvalue weighted by Gasteiger charge is -2.16. The molecule has 1 aliphatic rings. The number of hydrogen-bond donors (Lipinski definition) is 3. The number of pyridine rings is 1. The van der Waals surface area contributed by atoms with Crippen LogP contribution in [-0.2, 0) is 4.74 Å². The van der Waals surface area contributed by atoms with Crippen LogP contribution in [0.1, 0.15) is 12.5 Å². The van der Waals surface area contributed by atoms with E-state index in [1.165, 1.54) is 12.1 Å². The van der Waals surface area contributed by atoms with E-state index in [1.54, 1.807) is 30.5 Å². The van der Waals surface area contributed by atoms with Gasteiger partial charge in [-0.1, -0.05) is 0 Å². The molecule has 0 spiro atoms. The van der Waals surface area contributed by atoms with Gasteiger partial charge >= 0.3 is 0 Å². The number of phenols is 1. The van der Waals surface area contributed by atoms with Gasteiger partial charge in [0.1, 0.15) is 28.7 Å². The first kappa shape index (κ1) is 19.3. The van der Waals surface area contributed by atoms with Gasteiger partial charge in [-0.05, 0) is 42.8 Å². The van der Waals surface area contributed by atoms with Crippen molar-refractivity contribution in [1.82, 2.24) is 14.5 Å². The van der Waals surface area contributed by atoms with Crippen molar-refractivity contribution in [3.05, 3.63) is 66.4 Å². The van der Waals surface area contributed by atoms with Crippen molar-refractivity contribution in [2.45, 2.75) is 12.5 Å². The van der Waals surface area contributed by atoms with Crippen molar-refractivity contribution in [1.29, 1.82) is 0 Å². The van der Waals surface area contributed by atoms with Crippen LogP contribution >= 0.6 is 0 Å². The summed E-state index contributed by atoms with van der Waals surface area (Å²) in [5, 5.41) is 15.6. The Kier molecular flexibility index (Phi) is 4.87. The van der Waals surface area contributed by atoms with Gasteiger partial charge < -0.3 is 25.0 Å². The van der Waals surface area contributed by atoms with E-state index in [0.717, 1.165) is 23.7 Å². The van der Waals surface area contributed by atoms with E-state index < -0.39 is 11.6 Å². The molecule has 9 heteroatoms. The highest BCUT2D eigenvalue weighted by Crippen LogP contribution is 2.32. The Hall–Kier alpha value is -3.72. The number of imidazole rings is 1. The average molecular weight is 423 g/mol. The number of benzene rings is 2. The Morgan fingerprint density at radius 1 is 1.06 bits per heavy atom. The van der Waals surface area contributed by atoms with Crippen LogP contribution in [0.3, 0.4) is 0 Å². The van der Waals surface area contributed by atoms with Gasteiger partial charge in [-0.3, -0.25) is 0 Å². The van der Waals surface area contributed by atoms with Crippen LogP contribution in [-0.4, -0.2) is 32.9 Å². The molecule has 7 nitrogen and oxygen atoms in total. The first-order valence-corrected chi connectivity index (χ1v) is 9.81. The number of halogens is 2. The fraction of sp³-hybridized carbons (Fsp3) is 0.182. The number of ether oxygens (including phenoxy) is 1. The topological polar surface area (TPSA) is 84.2 Å². The smallest absolute Gasteiger partial charge is 0.208 e. The summed E-state index contributed by atoms with van der Waals surface area (Å²) in [5.74, 6) is -0.140. The third kappa shape index (κ3) is 3.87. The summed E-state index contributed by atoms with van der Waals surface area (Å²) in [6.45, 7) is 1.13. The zero-order valence-corrected chi connectivity index (χ0v) is 16.3. The van der Waals surface area contributed by atoms with Gasteiger partial charge in [0.05, 0.1) is 30.0 Å². The van der Waals surface area contributed by atoms with Crippen LogP contribution in [0.15, 0.2) is 54.7 Å². The molecular formula is C22H19F2N5O2. The Labute approximate surface area is 176 Å². The van der Waals surface area contributed by atoms with Gasteiger partial charge in [0.25, 0.3) is 0 Å². The monoisotopic (exact) mass is 423 g/mol. The first-order valence-electron chi connectivity index (χ1n) is 9.81. The molecule has 1 atom stereocenters. The van der Waals surface area contributed by atoms with Crippen molar-refractivity contribution in [2.75, 3.05) is 23.8 Å². The zero-order chi connectivity index (χ0) is 21.4. The minimum atomic E-state index is -0.700. The van der Waals surface area contributed by atoms with Crippen molar-refractivity contribution in [3.63, 3.8) is 0 Å². The lowest BCUT2D eigenvalue weighted by atomic mass is 10.2. The second-order valence-corrected chi connectivity index (χ2v) is 7.30. The van der Waals surface area contributed by atoms with Crippen molar-refractivity contribution in [3.8, 4) is 5.75 Å². The number of anilines is 4. The molecule has 5 rings (SSSR count). The van der Waals surface area contributed by atoms with E-state index >= 15 is 0 Å². The Balaban J connectivity index is 1.55. The minimum absolute atomic E-state index is 0.0138. The van der Waals surface area contributed by atoms with Crippen LogP contribution in [0.4, 0.5) is 31.9 Å². The number of aromatic hydroxyl groups is 1. The molecule has 0 saturated carbocycles. The maximum atomic E-state index is 14.2. The summed E-state index contributed by atoms with van der Waals surface area (Å²) in [4.78, 5) is 9.00. The molecule has 158 valence electrons. The average Bonchev–Trinajstić information content (AvgIpc) is 3.39. The molecule has 4 aromatic rings. The van der Waals surface area contributed by atoms with Crippen LogP contribution < -0.4 is 10.6 Å². The molecule has 2 aromatic carbocycles. The van der Waals surface area contributed by atoms with Gasteiger partial charge in [0.2, 0.25) is 5.95 Å². The third-order valence-corrected chi connectivity index (χ3v) is 5.16. The molecule has 2 aromatic heterocycles. The normalized spacial score (nSPS) is 16.0. The van der Waals surface area contributed by atoms with Gasteiger partial charge in [0.15, 0.2) is 0 Å². The summed E-state index contributed by atoms with van der Waals surface area (Å²) < 4.78 is 35.0. The van der Waals surface area contributed by atoms with Crippen LogP contribution in [0.25, 0.3) is 11.0 Å². The van der Waals surface area contributed by atoms with Gasteiger partial charge in [-0.2, -0.15) is 0 Å². The summed E-state index contributed by atoms with van der Waals surface area (Å²) in [6.07, 6.45) is 2.42. The lowest BCUT2D eigenvalue weighted by Crippen LogP contribution is -2.12. The number of rotatable bonds is 5. The Morgan fingerprint density at radius 2 is 1.90 bits per heavy atom. The predicted molar refractivity (Wildman–Crippen MR) is 113 cm³/mol. The van der Waals surface area contributed by atoms with E-state index in [-0.39, 0.29) is 17.5 Å². The number of hydrogen-bond acceptors (Lipinski definition) is 6. The second-order valence-electron chi connectivity index (χ2n) is 7.30. The predicted octanol–water partition coefficient (Wildman–Crippen LogP) is 4.86. The lowest BCUT2D eigenvalue weighted by molar-refractivity contribution is 0.187. The van der Waals surface area contributed by atoms with Crippen LogP contribution in [0.5, 0.6) is 5.75 Å².